The molecule has 1 heterocycles. The lowest BCUT2D eigenvalue weighted by molar-refractivity contribution is 0.405. The highest BCUT2D eigenvalue weighted by atomic mass is 16.5. The summed E-state index contributed by atoms with van der Waals surface area (Å²) in [5, 5.41) is 8.40. The maximum absolute atomic E-state index is 5.78. The molecule has 0 fully saturated rings. The van der Waals surface area contributed by atoms with Crippen molar-refractivity contribution < 1.29 is 4.74 Å². The van der Waals surface area contributed by atoms with E-state index in [0.717, 1.165) is 41.1 Å². The van der Waals surface area contributed by atoms with Crippen LogP contribution in [0.1, 0.15) is 35.5 Å². The van der Waals surface area contributed by atoms with Gasteiger partial charge in [0.15, 0.2) is 0 Å². The van der Waals surface area contributed by atoms with Crippen LogP contribution in [-0.2, 0) is 12.8 Å². The van der Waals surface area contributed by atoms with Gasteiger partial charge in [0.05, 0.1) is 24.5 Å². The predicted octanol–water partition coefficient (Wildman–Crippen LogP) is 2.10. The molecule has 0 radical (unpaired) electrons. The summed E-state index contributed by atoms with van der Waals surface area (Å²) in [4.78, 5) is 0. The molecule has 1 aromatic heterocycles. The molecule has 5 heteroatoms. The van der Waals surface area contributed by atoms with Gasteiger partial charge in [-0.25, -0.2) is 0 Å². The summed E-state index contributed by atoms with van der Waals surface area (Å²) >= 11 is 0. The molecular formula is C16H22N4O. The summed E-state index contributed by atoms with van der Waals surface area (Å²) in [6.07, 6.45) is 1.56. The highest BCUT2D eigenvalue weighted by Crippen LogP contribution is 2.26. The van der Waals surface area contributed by atoms with Crippen LogP contribution in [0.15, 0.2) is 30.3 Å². The summed E-state index contributed by atoms with van der Waals surface area (Å²) in [6.45, 7) is 4.01. The molecular weight excluding hydrogens is 264 g/mol. The number of methoxy groups -OCH3 is 1. The van der Waals surface area contributed by atoms with E-state index in [9.17, 15) is 0 Å². The van der Waals surface area contributed by atoms with Crippen molar-refractivity contribution in [3.05, 3.63) is 52.8 Å². The highest BCUT2D eigenvalue weighted by molar-refractivity contribution is 5.36. The molecule has 0 aliphatic rings. The smallest absolute Gasteiger partial charge is 0.122 e. The van der Waals surface area contributed by atoms with E-state index in [0.29, 0.717) is 0 Å². The Morgan fingerprint density at radius 1 is 1.29 bits per heavy atom. The number of rotatable bonds is 6. The molecule has 0 spiro atoms. The molecule has 3 N–H and O–H groups in total. The van der Waals surface area contributed by atoms with Crippen LogP contribution >= 0.6 is 0 Å². The molecule has 1 aromatic carbocycles. The van der Waals surface area contributed by atoms with Crippen molar-refractivity contribution in [2.24, 2.45) is 5.84 Å². The molecule has 2 aromatic rings. The Hall–Kier alpha value is -1.98. The lowest BCUT2D eigenvalue weighted by Crippen LogP contribution is -2.31. The molecule has 0 bridgehead atoms. The first-order valence-electron chi connectivity index (χ1n) is 7.10. The number of hydrogen-bond donors (Lipinski definition) is 2. The number of aryl methyl sites for hydroxylation is 2. The maximum atomic E-state index is 5.78. The number of hydrazine groups is 1. The molecule has 2 rings (SSSR count). The first-order chi connectivity index (χ1) is 10.2. The first-order valence-corrected chi connectivity index (χ1v) is 7.10. The van der Waals surface area contributed by atoms with E-state index in [1.165, 1.54) is 0 Å². The highest BCUT2D eigenvalue weighted by Gasteiger charge is 2.17. The zero-order valence-corrected chi connectivity index (χ0v) is 12.8. The molecule has 5 nitrogen and oxygen atoms in total. The van der Waals surface area contributed by atoms with E-state index in [-0.39, 0.29) is 6.04 Å². The molecule has 0 saturated heterocycles. The Morgan fingerprint density at radius 2 is 2.05 bits per heavy atom. The van der Waals surface area contributed by atoms with E-state index in [2.05, 4.69) is 28.6 Å². The number of benzene rings is 1. The van der Waals surface area contributed by atoms with Crippen LogP contribution in [0.5, 0.6) is 5.75 Å². The van der Waals surface area contributed by atoms with E-state index in [4.69, 9.17) is 10.6 Å². The number of nitrogens with two attached hydrogens (primary N) is 1. The standard InChI is InChI=1S/C16H22N4O/c1-4-14-13(9-11(2)19-20-14)15(18-17)10-12-7-5-6-8-16(12)21-3/h5-9,15,18H,4,10,17H2,1-3H3. The van der Waals surface area contributed by atoms with Gasteiger partial charge in [-0.3, -0.25) is 11.3 Å². The van der Waals surface area contributed by atoms with Gasteiger partial charge < -0.3 is 4.74 Å². The van der Waals surface area contributed by atoms with Crippen molar-refractivity contribution in [2.75, 3.05) is 7.11 Å². The van der Waals surface area contributed by atoms with Gasteiger partial charge in [0.1, 0.15) is 5.75 Å². The minimum Gasteiger partial charge on any atom is -0.496 e. The number of nitrogens with zero attached hydrogens (tertiary/aromatic N) is 2. The third-order valence-electron chi connectivity index (χ3n) is 3.55. The van der Waals surface area contributed by atoms with Crippen LogP contribution in [0.2, 0.25) is 0 Å². The predicted molar refractivity (Wildman–Crippen MR) is 82.9 cm³/mol. The number of para-hydroxylation sites is 1. The fourth-order valence-electron chi connectivity index (χ4n) is 2.46. The molecule has 0 amide bonds. The third kappa shape index (κ3) is 3.56. The molecule has 1 unspecified atom stereocenters. The van der Waals surface area contributed by atoms with Gasteiger partial charge in [0, 0.05) is 0 Å². The second-order valence-electron chi connectivity index (χ2n) is 4.98. The molecule has 0 aliphatic carbocycles. The average molecular weight is 286 g/mol. The quantitative estimate of drug-likeness (QED) is 0.628. The van der Waals surface area contributed by atoms with Crippen molar-refractivity contribution in [3.8, 4) is 5.75 Å². The minimum atomic E-state index is -0.0227. The molecule has 0 aliphatic heterocycles. The normalized spacial score (nSPS) is 12.2. The second-order valence-corrected chi connectivity index (χ2v) is 4.98. The summed E-state index contributed by atoms with van der Waals surface area (Å²) < 4.78 is 5.41. The van der Waals surface area contributed by atoms with Gasteiger partial charge in [0.2, 0.25) is 0 Å². The average Bonchev–Trinajstić information content (AvgIpc) is 2.53. The summed E-state index contributed by atoms with van der Waals surface area (Å²) in [7, 11) is 1.68. The van der Waals surface area contributed by atoms with E-state index in [1.807, 2.05) is 31.2 Å². The summed E-state index contributed by atoms with van der Waals surface area (Å²) in [5.41, 5.74) is 6.97. The van der Waals surface area contributed by atoms with Crippen molar-refractivity contribution in [1.29, 1.82) is 0 Å². The van der Waals surface area contributed by atoms with Crippen LogP contribution in [0.4, 0.5) is 0 Å². The molecule has 21 heavy (non-hydrogen) atoms. The largest absolute Gasteiger partial charge is 0.496 e. The van der Waals surface area contributed by atoms with Gasteiger partial charge in [-0.05, 0) is 43.0 Å². The van der Waals surface area contributed by atoms with Crippen LogP contribution in [0, 0.1) is 6.92 Å². The van der Waals surface area contributed by atoms with E-state index in [1.54, 1.807) is 7.11 Å². The number of aromatic nitrogens is 2. The zero-order chi connectivity index (χ0) is 15.2. The fourth-order valence-corrected chi connectivity index (χ4v) is 2.46. The van der Waals surface area contributed by atoms with Crippen LogP contribution in [0.3, 0.4) is 0 Å². The van der Waals surface area contributed by atoms with Gasteiger partial charge in [-0.2, -0.15) is 10.2 Å². The molecule has 1 atom stereocenters. The number of hydrogen-bond acceptors (Lipinski definition) is 5. The summed E-state index contributed by atoms with van der Waals surface area (Å²) in [5.74, 6) is 6.65. The number of ether oxygens (including phenoxy) is 1. The van der Waals surface area contributed by atoms with Gasteiger partial charge >= 0.3 is 0 Å². The maximum Gasteiger partial charge on any atom is 0.122 e. The van der Waals surface area contributed by atoms with Crippen LogP contribution in [-0.4, -0.2) is 17.3 Å². The Labute approximate surface area is 125 Å². The van der Waals surface area contributed by atoms with Crippen molar-refractivity contribution in [1.82, 2.24) is 15.6 Å². The molecule has 112 valence electrons. The first kappa shape index (κ1) is 15.4. The second kappa shape index (κ2) is 7.15. The Balaban J connectivity index is 2.34. The summed E-state index contributed by atoms with van der Waals surface area (Å²) in [6, 6.07) is 10.00. The lowest BCUT2D eigenvalue weighted by Gasteiger charge is -2.20. The SMILES string of the molecule is CCc1nnc(C)cc1C(Cc1ccccc1OC)NN. The molecule has 0 saturated carbocycles. The lowest BCUT2D eigenvalue weighted by atomic mass is 9.96. The third-order valence-corrected chi connectivity index (χ3v) is 3.55. The Morgan fingerprint density at radius 3 is 2.71 bits per heavy atom. The van der Waals surface area contributed by atoms with Crippen molar-refractivity contribution >= 4 is 0 Å². The van der Waals surface area contributed by atoms with Gasteiger partial charge in [-0.1, -0.05) is 25.1 Å². The Kier molecular flexibility index (Phi) is 5.25. The Bertz CT molecular complexity index is 601. The minimum absolute atomic E-state index is 0.0227. The van der Waals surface area contributed by atoms with E-state index < -0.39 is 0 Å². The number of nitrogens with one attached hydrogen (secondary N) is 1. The fraction of sp³-hybridized carbons (Fsp3) is 0.375. The van der Waals surface area contributed by atoms with Crippen molar-refractivity contribution in [2.45, 2.75) is 32.7 Å². The van der Waals surface area contributed by atoms with Gasteiger partial charge in [-0.15, -0.1) is 0 Å². The topological polar surface area (TPSA) is 73.1 Å². The van der Waals surface area contributed by atoms with Gasteiger partial charge in [0.25, 0.3) is 0 Å². The van der Waals surface area contributed by atoms with Crippen molar-refractivity contribution in [3.63, 3.8) is 0 Å². The zero-order valence-electron chi connectivity index (χ0n) is 12.8. The van der Waals surface area contributed by atoms with Crippen LogP contribution in [0.25, 0.3) is 0 Å². The van der Waals surface area contributed by atoms with Crippen LogP contribution < -0.4 is 16.0 Å². The monoisotopic (exact) mass is 286 g/mol. The van der Waals surface area contributed by atoms with E-state index >= 15 is 0 Å².